The van der Waals surface area contributed by atoms with Crippen molar-refractivity contribution in [2.45, 2.75) is 18.8 Å². The molecule has 4 N–H and O–H groups in total. The molecule has 0 saturated carbocycles. The highest BCUT2D eigenvalue weighted by atomic mass is 16.3. The number of anilines is 2. The largest absolute Gasteiger partial charge is 0.507 e. The molecular weight excluding hydrogens is 388 g/mol. The lowest BCUT2D eigenvalue weighted by Crippen LogP contribution is -2.26. The maximum absolute atomic E-state index is 12.6. The standard InChI is InChI=1S/C25H24N4O2/c30-22-4-2-1-3-20(22)21-15-18-11-14-27-25(31)23(18)24(29-21)28-19-7-5-16(6-8-19)17-9-12-26-13-10-17/h1-8,11,14-15,17,26,30H,9-10,12-13H2,(H,27,31)(H,28,29). The molecule has 0 aliphatic carbocycles. The monoisotopic (exact) mass is 412 g/mol. The third-order valence-electron chi connectivity index (χ3n) is 5.92. The van der Waals surface area contributed by atoms with Gasteiger partial charge in [-0.2, -0.15) is 0 Å². The van der Waals surface area contributed by atoms with Crippen LogP contribution in [0.4, 0.5) is 11.5 Å². The van der Waals surface area contributed by atoms with Gasteiger partial charge in [0, 0.05) is 17.4 Å². The normalized spacial score (nSPS) is 14.6. The number of aromatic hydroxyl groups is 1. The third kappa shape index (κ3) is 3.90. The molecule has 31 heavy (non-hydrogen) atoms. The minimum atomic E-state index is -0.206. The zero-order valence-electron chi connectivity index (χ0n) is 17.1. The fourth-order valence-electron chi connectivity index (χ4n) is 4.26. The Morgan fingerprint density at radius 2 is 1.77 bits per heavy atom. The van der Waals surface area contributed by atoms with Crippen molar-refractivity contribution in [1.29, 1.82) is 0 Å². The van der Waals surface area contributed by atoms with Crippen LogP contribution in [0, 0.1) is 0 Å². The third-order valence-corrected chi connectivity index (χ3v) is 5.92. The van der Waals surface area contributed by atoms with Gasteiger partial charge in [-0.15, -0.1) is 0 Å². The topological polar surface area (TPSA) is 90.0 Å². The maximum Gasteiger partial charge on any atom is 0.259 e. The fourth-order valence-corrected chi connectivity index (χ4v) is 4.26. The number of aromatic amines is 1. The molecular formula is C25H24N4O2. The van der Waals surface area contributed by atoms with E-state index in [2.05, 4.69) is 27.8 Å². The molecule has 4 aromatic rings. The molecule has 0 bridgehead atoms. The Labute approximate surface area is 180 Å². The number of nitrogens with one attached hydrogen (secondary N) is 3. The number of para-hydroxylation sites is 1. The average molecular weight is 412 g/mol. The van der Waals surface area contributed by atoms with Crippen LogP contribution in [0.15, 0.2) is 71.7 Å². The lowest BCUT2D eigenvalue weighted by molar-refractivity contribution is 0.460. The van der Waals surface area contributed by atoms with E-state index in [1.807, 2.05) is 36.4 Å². The summed E-state index contributed by atoms with van der Waals surface area (Å²) in [4.78, 5) is 20.0. The summed E-state index contributed by atoms with van der Waals surface area (Å²) in [6.07, 6.45) is 3.92. The maximum atomic E-state index is 12.6. The molecule has 2 aromatic carbocycles. The number of phenolic OH excluding ortho intramolecular Hbond substituents is 1. The Morgan fingerprint density at radius 1 is 1.00 bits per heavy atom. The van der Waals surface area contributed by atoms with Crippen LogP contribution in [0.3, 0.4) is 0 Å². The number of benzene rings is 2. The van der Waals surface area contributed by atoms with Crippen molar-refractivity contribution in [3.63, 3.8) is 0 Å². The van der Waals surface area contributed by atoms with Crippen LogP contribution in [0.25, 0.3) is 22.0 Å². The molecule has 0 atom stereocenters. The molecule has 1 aliphatic heterocycles. The number of pyridine rings is 2. The molecule has 0 radical (unpaired) electrons. The Hall–Kier alpha value is -3.64. The van der Waals surface area contributed by atoms with Crippen molar-refractivity contribution >= 4 is 22.3 Å². The lowest BCUT2D eigenvalue weighted by Gasteiger charge is -2.23. The molecule has 1 saturated heterocycles. The molecule has 1 aliphatic rings. The first-order valence-corrected chi connectivity index (χ1v) is 10.6. The summed E-state index contributed by atoms with van der Waals surface area (Å²) in [6, 6.07) is 19.1. The second-order valence-corrected chi connectivity index (χ2v) is 7.92. The van der Waals surface area contributed by atoms with Crippen molar-refractivity contribution in [2.24, 2.45) is 0 Å². The quantitative estimate of drug-likeness (QED) is 0.396. The highest BCUT2D eigenvalue weighted by molar-refractivity contribution is 5.95. The van der Waals surface area contributed by atoms with Crippen molar-refractivity contribution < 1.29 is 5.11 Å². The van der Waals surface area contributed by atoms with Gasteiger partial charge in [-0.1, -0.05) is 24.3 Å². The van der Waals surface area contributed by atoms with E-state index < -0.39 is 0 Å². The van der Waals surface area contributed by atoms with Crippen LogP contribution >= 0.6 is 0 Å². The summed E-state index contributed by atoms with van der Waals surface area (Å²) in [6.45, 7) is 2.12. The van der Waals surface area contributed by atoms with Gasteiger partial charge in [0.2, 0.25) is 0 Å². The van der Waals surface area contributed by atoms with Gasteiger partial charge in [0.05, 0.1) is 11.1 Å². The summed E-state index contributed by atoms with van der Waals surface area (Å²) in [5.74, 6) is 1.20. The number of aromatic nitrogens is 2. The molecule has 156 valence electrons. The van der Waals surface area contributed by atoms with E-state index in [1.54, 1.807) is 18.3 Å². The number of hydrogen-bond acceptors (Lipinski definition) is 5. The number of H-pyrrole nitrogens is 1. The Morgan fingerprint density at radius 3 is 2.55 bits per heavy atom. The molecule has 0 unspecified atom stereocenters. The zero-order chi connectivity index (χ0) is 21.2. The minimum Gasteiger partial charge on any atom is -0.507 e. The second-order valence-electron chi connectivity index (χ2n) is 7.92. The van der Waals surface area contributed by atoms with Crippen LogP contribution in [-0.4, -0.2) is 28.2 Å². The van der Waals surface area contributed by atoms with Crippen molar-refractivity contribution in [3.8, 4) is 17.0 Å². The van der Waals surface area contributed by atoms with Crippen LogP contribution in [0.1, 0.15) is 24.3 Å². The van der Waals surface area contributed by atoms with Crippen LogP contribution < -0.4 is 16.2 Å². The molecule has 3 heterocycles. The Kier molecular flexibility index (Phi) is 5.14. The fraction of sp³-hybridized carbons (Fsp3) is 0.200. The second kappa shape index (κ2) is 8.24. The van der Waals surface area contributed by atoms with Gasteiger partial charge >= 0.3 is 0 Å². The summed E-state index contributed by atoms with van der Waals surface area (Å²) in [5, 5.41) is 18.3. The lowest BCUT2D eigenvalue weighted by atomic mass is 9.90. The highest BCUT2D eigenvalue weighted by Gasteiger charge is 2.16. The van der Waals surface area contributed by atoms with Gasteiger partial charge in [-0.05, 0) is 79.2 Å². The molecule has 5 rings (SSSR count). The summed E-state index contributed by atoms with van der Waals surface area (Å²) >= 11 is 0. The summed E-state index contributed by atoms with van der Waals surface area (Å²) in [7, 11) is 0. The summed E-state index contributed by atoms with van der Waals surface area (Å²) in [5.41, 5.74) is 3.22. The minimum absolute atomic E-state index is 0.150. The number of hydrogen-bond donors (Lipinski definition) is 4. The zero-order valence-corrected chi connectivity index (χ0v) is 17.1. The molecule has 0 spiro atoms. The van der Waals surface area contributed by atoms with E-state index in [0.717, 1.165) is 37.0 Å². The average Bonchev–Trinajstić information content (AvgIpc) is 2.80. The first-order valence-electron chi connectivity index (χ1n) is 10.6. The summed E-state index contributed by atoms with van der Waals surface area (Å²) < 4.78 is 0. The molecule has 6 nitrogen and oxygen atoms in total. The smallest absolute Gasteiger partial charge is 0.259 e. The van der Waals surface area contributed by atoms with E-state index in [4.69, 9.17) is 4.98 Å². The number of piperidine rings is 1. The number of nitrogens with zero attached hydrogens (tertiary/aromatic N) is 1. The predicted octanol–water partition coefficient (Wildman–Crippen LogP) is 4.51. The molecule has 6 heteroatoms. The molecule has 2 aromatic heterocycles. The first-order chi connectivity index (χ1) is 15.2. The van der Waals surface area contributed by atoms with Crippen LogP contribution in [-0.2, 0) is 0 Å². The van der Waals surface area contributed by atoms with Crippen LogP contribution in [0.5, 0.6) is 5.75 Å². The molecule has 0 amide bonds. The van der Waals surface area contributed by atoms with Gasteiger partial charge < -0.3 is 20.7 Å². The SMILES string of the molecule is O=c1[nH]ccc2cc(-c3ccccc3O)nc(Nc3ccc(C4CCNCC4)cc3)c12. The number of fused-ring (bicyclic) bond motifs is 1. The van der Waals surface area contributed by atoms with Gasteiger partial charge in [-0.25, -0.2) is 4.98 Å². The van der Waals surface area contributed by atoms with Gasteiger partial charge in [0.25, 0.3) is 5.56 Å². The van der Waals surface area contributed by atoms with E-state index in [1.165, 1.54) is 5.56 Å². The van der Waals surface area contributed by atoms with E-state index in [9.17, 15) is 9.90 Å². The Bertz CT molecular complexity index is 1270. The van der Waals surface area contributed by atoms with Gasteiger partial charge in [0.15, 0.2) is 0 Å². The number of phenols is 1. The molecule has 1 fully saturated rings. The van der Waals surface area contributed by atoms with Crippen molar-refractivity contribution in [1.82, 2.24) is 15.3 Å². The predicted molar refractivity (Wildman–Crippen MR) is 124 cm³/mol. The van der Waals surface area contributed by atoms with E-state index in [-0.39, 0.29) is 11.3 Å². The van der Waals surface area contributed by atoms with Crippen molar-refractivity contribution in [2.75, 3.05) is 18.4 Å². The van der Waals surface area contributed by atoms with Crippen LogP contribution in [0.2, 0.25) is 0 Å². The van der Waals surface area contributed by atoms with Gasteiger partial charge in [-0.3, -0.25) is 4.79 Å². The Balaban J connectivity index is 1.54. The first kappa shape index (κ1) is 19.3. The number of rotatable bonds is 4. The van der Waals surface area contributed by atoms with Gasteiger partial charge in [0.1, 0.15) is 11.6 Å². The van der Waals surface area contributed by atoms with E-state index in [0.29, 0.717) is 28.4 Å². The van der Waals surface area contributed by atoms with E-state index >= 15 is 0 Å². The highest BCUT2D eigenvalue weighted by Crippen LogP contribution is 2.33. The van der Waals surface area contributed by atoms with Crippen molar-refractivity contribution in [3.05, 3.63) is 82.8 Å².